The molecule has 0 aromatic heterocycles. The Morgan fingerprint density at radius 3 is 2.88 bits per heavy atom. The highest BCUT2D eigenvalue weighted by atomic mass is 19.4. The van der Waals surface area contributed by atoms with Gasteiger partial charge in [-0.1, -0.05) is 0 Å². The van der Waals surface area contributed by atoms with Gasteiger partial charge in [0.2, 0.25) is 5.91 Å². The zero-order valence-electron chi connectivity index (χ0n) is 8.29. The summed E-state index contributed by atoms with van der Waals surface area (Å²) in [6, 6.07) is 1.64. The van der Waals surface area contributed by atoms with Crippen LogP contribution in [0.15, 0.2) is 4.99 Å². The second kappa shape index (κ2) is 4.96. The molecule has 2 atom stereocenters. The molecule has 0 spiro atoms. The fraction of sp³-hybridized carbons (Fsp3) is 0.667. The van der Waals surface area contributed by atoms with Gasteiger partial charge in [-0.3, -0.25) is 9.79 Å². The number of nitrogens with one attached hydrogen (secondary N) is 1. The van der Waals surface area contributed by atoms with E-state index in [1.807, 2.05) is 0 Å². The Morgan fingerprint density at radius 1 is 1.62 bits per heavy atom. The summed E-state index contributed by atoms with van der Waals surface area (Å²) >= 11 is 0. The summed E-state index contributed by atoms with van der Waals surface area (Å²) in [6.45, 7) is -0.467. The van der Waals surface area contributed by atoms with E-state index < -0.39 is 23.9 Å². The van der Waals surface area contributed by atoms with Crippen LogP contribution in [0.1, 0.15) is 6.42 Å². The smallest absolute Gasteiger partial charge is 0.343 e. The zero-order valence-corrected chi connectivity index (χ0v) is 8.29. The number of carbonyl (C=O) groups is 1. The van der Waals surface area contributed by atoms with E-state index >= 15 is 0 Å². The number of aliphatic imine (C=N–C) groups is 1. The van der Waals surface area contributed by atoms with Crippen LogP contribution in [0, 0.1) is 23.2 Å². The molecule has 88 valence electrons. The SMILES string of the molecule is N#CCNC(=O)C1CN=CCC1C(F)(F)F. The van der Waals surface area contributed by atoms with Gasteiger partial charge in [-0.15, -0.1) is 0 Å². The van der Waals surface area contributed by atoms with Gasteiger partial charge in [0.1, 0.15) is 6.54 Å². The first kappa shape index (κ1) is 12.5. The topological polar surface area (TPSA) is 65.2 Å². The standard InChI is InChI=1S/C9H10F3N3O/c10-9(11,12)7-1-3-14-5-6(7)8(16)15-4-2-13/h3,6-7H,1,4-5H2,(H,15,16). The van der Waals surface area contributed by atoms with Crippen LogP contribution >= 0.6 is 0 Å². The molecule has 1 aliphatic heterocycles. The highest BCUT2D eigenvalue weighted by Crippen LogP contribution is 2.36. The number of rotatable bonds is 2. The van der Waals surface area contributed by atoms with Crippen LogP contribution in [-0.2, 0) is 4.79 Å². The molecule has 0 fully saturated rings. The zero-order chi connectivity index (χ0) is 12.2. The Bertz CT molecular complexity index is 332. The summed E-state index contributed by atoms with van der Waals surface area (Å²) in [5.41, 5.74) is 0. The second-order valence-electron chi connectivity index (χ2n) is 3.41. The number of amides is 1. The van der Waals surface area contributed by atoms with Crippen molar-refractivity contribution in [3.05, 3.63) is 0 Å². The van der Waals surface area contributed by atoms with Crippen molar-refractivity contribution in [2.45, 2.75) is 12.6 Å². The van der Waals surface area contributed by atoms with Gasteiger partial charge in [-0.25, -0.2) is 0 Å². The van der Waals surface area contributed by atoms with E-state index in [0.29, 0.717) is 0 Å². The van der Waals surface area contributed by atoms with Crippen LogP contribution in [0.4, 0.5) is 13.2 Å². The van der Waals surface area contributed by atoms with Gasteiger partial charge in [-0.05, 0) is 12.6 Å². The predicted molar refractivity (Wildman–Crippen MR) is 49.6 cm³/mol. The first-order valence-corrected chi connectivity index (χ1v) is 4.66. The maximum Gasteiger partial charge on any atom is 0.393 e. The Labute approximate surface area is 90.1 Å². The van der Waals surface area contributed by atoms with Gasteiger partial charge >= 0.3 is 6.18 Å². The van der Waals surface area contributed by atoms with Crippen molar-refractivity contribution in [2.75, 3.05) is 13.1 Å². The number of alkyl halides is 3. The quantitative estimate of drug-likeness (QED) is 0.720. The molecule has 0 radical (unpaired) electrons. The normalized spacial score (nSPS) is 24.9. The van der Waals surface area contributed by atoms with E-state index in [0.717, 1.165) is 0 Å². The Hall–Kier alpha value is -1.58. The summed E-state index contributed by atoms with van der Waals surface area (Å²) in [5, 5.41) is 10.4. The van der Waals surface area contributed by atoms with Gasteiger partial charge in [0.15, 0.2) is 0 Å². The van der Waals surface area contributed by atoms with Crippen molar-refractivity contribution < 1.29 is 18.0 Å². The highest BCUT2D eigenvalue weighted by Gasteiger charge is 2.47. The predicted octanol–water partition coefficient (Wildman–Crippen LogP) is 0.895. The molecule has 1 aliphatic rings. The summed E-state index contributed by atoms with van der Waals surface area (Å²) < 4.78 is 37.7. The largest absolute Gasteiger partial charge is 0.393 e. The molecule has 1 amide bonds. The second-order valence-corrected chi connectivity index (χ2v) is 3.41. The first-order chi connectivity index (χ1) is 7.46. The number of hydrogen-bond donors (Lipinski definition) is 1. The summed E-state index contributed by atoms with van der Waals surface area (Å²) in [4.78, 5) is 15.1. The van der Waals surface area contributed by atoms with Gasteiger partial charge in [0.05, 0.1) is 24.4 Å². The average Bonchev–Trinajstić information content (AvgIpc) is 2.24. The van der Waals surface area contributed by atoms with Crippen LogP contribution in [-0.4, -0.2) is 31.4 Å². The molecule has 0 saturated carbocycles. The fourth-order valence-electron chi connectivity index (χ4n) is 1.55. The Balaban J connectivity index is 2.73. The van der Waals surface area contributed by atoms with Crippen LogP contribution in [0.5, 0.6) is 0 Å². The molecule has 1 heterocycles. The lowest BCUT2D eigenvalue weighted by molar-refractivity contribution is -0.189. The highest BCUT2D eigenvalue weighted by molar-refractivity contribution is 5.81. The van der Waals surface area contributed by atoms with E-state index in [1.165, 1.54) is 6.21 Å². The van der Waals surface area contributed by atoms with Gasteiger partial charge in [-0.2, -0.15) is 18.4 Å². The van der Waals surface area contributed by atoms with Crippen molar-refractivity contribution in [1.82, 2.24) is 5.32 Å². The third kappa shape index (κ3) is 2.95. The average molecular weight is 233 g/mol. The number of nitriles is 1. The van der Waals surface area contributed by atoms with Crippen LogP contribution in [0.3, 0.4) is 0 Å². The summed E-state index contributed by atoms with van der Waals surface area (Å²) in [6.07, 6.45) is -3.51. The lowest BCUT2D eigenvalue weighted by atomic mass is 9.86. The molecule has 1 N–H and O–H groups in total. The van der Waals surface area contributed by atoms with Crippen LogP contribution in [0.25, 0.3) is 0 Å². The molecule has 7 heteroatoms. The third-order valence-corrected chi connectivity index (χ3v) is 2.38. The number of carbonyl (C=O) groups excluding carboxylic acids is 1. The van der Waals surface area contributed by atoms with Crippen LogP contribution < -0.4 is 5.32 Å². The molecule has 16 heavy (non-hydrogen) atoms. The molecule has 1 rings (SSSR count). The van der Waals surface area contributed by atoms with Gasteiger partial charge in [0.25, 0.3) is 0 Å². The van der Waals surface area contributed by atoms with Crippen molar-refractivity contribution in [2.24, 2.45) is 16.8 Å². The molecule has 0 bridgehead atoms. The number of nitrogens with zero attached hydrogens (tertiary/aromatic N) is 2. The Kier molecular flexibility index (Phi) is 3.88. The minimum atomic E-state index is -4.42. The van der Waals surface area contributed by atoms with E-state index in [9.17, 15) is 18.0 Å². The molecule has 2 unspecified atom stereocenters. The van der Waals surface area contributed by atoms with E-state index in [4.69, 9.17) is 5.26 Å². The third-order valence-electron chi connectivity index (χ3n) is 2.38. The van der Waals surface area contributed by atoms with Gasteiger partial charge < -0.3 is 5.32 Å². The van der Waals surface area contributed by atoms with E-state index in [1.54, 1.807) is 6.07 Å². The molecule has 0 aliphatic carbocycles. The van der Waals surface area contributed by atoms with E-state index in [2.05, 4.69) is 10.3 Å². The molecule has 0 aromatic carbocycles. The number of halogens is 3. The summed E-state index contributed by atoms with van der Waals surface area (Å²) in [5.74, 6) is -3.69. The lowest BCUT2D eigenvalue weighted by Crippen LogP contribution is -2.44. The number of hydrogen-bond acceptors (Lipinski definition) is 3. The summed E-state index contributed by atoms with van der Waals surface area (Å²) in [7, 11) is 0. The maximum atomic E-state index is 12.6. The van der Waals surface area contributed by atoms with Crippen LogP contribution in [0.2, 0.25) is 0 Å². The minimum absolute atomic E-state index is 0.179. The maximum absolute atomic E-state index is 12.6. The lowest BCUT2D eigenvalue weighted by Gasteiger charge is -2.28. The molecule has 0 saturated heterocycles. The fourth-order valence-corrected chi connectivity index (χ4v) is 1.55. The molecular weight excluding hydrogens is 223 g/mol. The van der Waals surface area contributed by atoms with Crippen molar-refractivity contribution in [3.63, 3.8) is 0 Å². The first-order valence-electron chi connectivity index (χ1n) is 4.66. The van der Waals surface area contributed by atoms with E-state index in [-0.39, 0.29) is 19.5 Å². The molecular formula is C9H10F3N3O. The van der Waals surface area contributed by atoms with Crippen molar-refractivity contribution in [3.8, 4) is 6.07 Å². The minimum Gasteiger partial charge on any atom is -0.343 e. The Morgan fingerprint density at radius 2 is 2.31 bits per heavy atom. The monoisotopic (exact) mass is 233 g/mol. The molecule has 0 aromatic rings. The van der Waals surface area contributed by atoms with Crippen molar-refractivity contribution in [1.29, 1.82) is 5.26 Å². The van der Waals surface area contributed by atoms with Gasteiger partial charge in [0, 0.05) is 0 Å². The van der Waals surface area contributed by atoms with Crippen molar-refractivity contribution >= 4 is 12.1 Å². The molecule has 4 nitrogen and oxygen atoms in total.